The van der Waals surface area contributed by atoms with Crippen molar-refractivity contribution in [3.05, 3.63) is 71.7 Å². The van der Waals surface area contributed by atoms with Crippen LogP contribution in [0.1, 0.15) is 24.0 Å². The molecule has 118 valence electrons. The van der Waals surface area contributed by atoms with Crippen LogP contribution in [0.5, 0.6) is 0 Å². The van der Waals surface area contributed by atoms with Gasteiger partial charge in [-0.3, -0.25) is 4.79 Å². The van der Waals surface area contributed by atoms with Crippen LogP contribution in [0, 0.1) is 5.82 Å². The van der Waals surface area contributed by atoms with E-state index >= 15 is 0 Å². The Balaban J connectivity index is 1.46. The van der Waals surface area contributed by atoms with Crippen molar-refractivity contribution in [3.8, 4) is 0 Å². The summed E-state index contributed by atoms with van der Waals surface area (Å²) in [6.07, 6.45) is 3.89. The Morgan fingerprint density at radius 3 is 2.87 bits per heavy atom. The minimum atomic E-state index is -0.321. The van der Waals surface area contributed by atoms with Gasteiger partial charge in [-0.15, -0.1) is 0 Å². The fourth-order valence-corrected chi connectivity index (χ4v) is 2.62. The number of ether oxygens (including phenoxy) is 1. The van der Waals surface area contributed by atoms with Crippen LogP contribution in [0.3, 0.4) is 0 Å². The van der Waals surface area contributed by atoms with Gasteiger partial charge in [-0.05, 0) is 42.2 Å². The number of H-pyrrole nitrogens is 1. The van der Waals surface area contributed by atoms with Crippen molar-refractivity contribution in [3.63, 3.8) is 0 Å². The van der Waals surface area contributed by atoms with Gasteiger partial charge in [0.25, 0.3) is 0 Å². The summed E-state index contributed by atoms with van der Waals surface area (Å²) in [4.78, 5) is 15.0. The lowest BCUT2D eigenvalue weighted by Crippen LogP contribution is -2.05. The lowest BCUT2D eigenvalue weighted by atomic mass is 10.1. The molecule has 0 aliphatic rings. The van der Waals surface area contributed by atoms with E-state index in [0.717, 1.165) is 18.4 Å². The van der Waals surface area contributed by atoms with E-state index in [9.17, 15) is 9.18 Å². The third kappa shape index (κ3) is 3.97. The number of carbonyl (C=O) groups is 1. The van der Waals surface area contributed by atoms with Crippen LogP contribution in [0.2, 0.25) is 0 Å². The van der Waals surface area contributed by atoms with Gasteiger partial charge in [0, 0.05) is 23.5 Å². The number of para-hydroxylation sites is 1. The molecule has 0 atom stereocenters. The van der Waals surface area contributed by atoms with Gasteiger partial charge < -0.3 is 9.72 Å². The molecule has 1 N–H and O–H groups in total. The Morgan fingerprint density at radius 1 is 1.13 bits per heavy atom. The number of rotatable bonds is 6. The summed E-state index contributed by atoms with van der Waals surface area (Å²) in [5.74, 6) is -0.577. The zero-order valence-electron chi connectivity index (χ0n) is 12.7. The summed E-state index contributed by atoms with van der Waals surface area (Å²) >= 11 is 0. The molecule has 3 aromatic rings. The number of aromatic amines is 1. The van der Waals surface area contributed by atoms with E-state index in [1.165, 1.54) is 23.1 Å². The van der Waals surface area contributed by atoms with Gasteiger partial charge in [-0.2, -0.15) is 0 Å². The highest BCUT2D eigenvalue weighted by molar-refractivity contribution is 5.83. The van der Waals surface area contributed by atoms with Crippen molar-refractivity contribution in [2.75, 3.05) is 0 Å². The summed E-state index contributed by atoms with van der Waals surface area (Å²) < 4.78 is 18.2. The standard InChI is InChI=1S/C19H18FNO2/c20-16-7-3-5-14(11-16)13-23-19(22)10-4-6-15-12-21-18-9-2-1-8-17(15)18/h1-3,5,7-9,11-12,21H,4,6,10,13H2. The second-order valence-corrected chi connectivity index (χ2v) is 5.50. The maximum Gasteiger partial charge on any atom is 0.306 e. The first-order valence-corrected chi connectivity index (χ1v) is 7.67. The highest BCUT2D eigenvalue weighted by Gasteiger charge is 2.07. The molecule has 23 heavy (non-hydrogen) atoms. The first-order chi connectivity index (χ1) is 11.2. The molecular weight excluding hydrogens is 293 g/mol. The van der Waals surface area contributed by atoms with Crippen molar-refractivity contribution < 1.29 is 13.9 Å². The third-order valence-electron chi connectivity index (χ3n) is 3.79. The van der Waals surface area contributed by atoms with Crippen LogP contribution < -0.4 is 0 Å². The van der Waals surface area contributed by atoms with Crippen molar-refractivity contribution in [1.82, 2.24) is 4.98 Å². The van der Waals surface area contributed by atoms with E-state index in [2.05, 4.69) is 11.1 Å². The molecule has 0 saturated heterocycles. The molecule has 0 fully saturated rings. The predicted octanol–water partition coefficient (Wildman–Crippen LogP) is 4.37. The maximum absolute atomic E-state index is 13.0. The Morgan fingerprint density at radius 2 is 2.00 bits per heavy atom. The average Bonchev–Trinajstić information content (AvgIpc) is 2.97. The van der Waals surface area contributed by atoms with Crippen LogP contribution in [0.25, 0.3) is 10.9 Å². The first-order valence-electron chi connectivity index (χ1n) is 7.67. The van der Waals surface area contributed by atoms with Gasteiger partial charge in [0.2, 0.25) is 0 Å². The van der Waals surface area contributed by atoms with E-state index in [1.54, 1.807) is 12.1 Å². The van der Waals surface area contributed by atoms with E-state index in [1.807, 2.05) is 24.4 Å². The zero-order chi connectivity index (χ0) is 16.1. The molecular formula is C19H18FNO2. The number of hydrogen-bond acceptors (Lipinski definition) is 2. The number of aryl methyl sites for hydroxylation is 1. The molecule has 3 nitrogen and oxygen atoms in total. The van der Waals surface area contributed by atoms with Gasteiger partial charge in [-0.1, -0.05) is 30.3 Å². The lowest BCUT2D eigenvalue weighted by molar-refractivity contribution is -0.145. The fraction of sp³-hybridized carbons (Fsp3) is 0.211. The summed E-state index contributed by atoms with van der Waals surface area (Å²) in [6, 6.07) is 14.2. The third-order valence-corrected chi connectivity index (χ3v) is 3.79. The Bertz CT molecular complexity index is 810. The molecule has 0 unspecified atom stereocenters. The van der Waals surface area contributed by atoms with E-state index in [4.69, 9.17) is 4.74 Å². The summed E-state index contributed by atoms with van der Waals surface area (Å²) in [7, 11) is 0. The molecule has 0 bridgehead atoms. The van der Waals surface area contributed by atoms with Gasteiger partial charge in [0.05, 0.1) is 0 Å². The Labute approximate surface area is 134 Å². The molecule has 4 heteroatoms. The number of carbonyl (C=O) groups excluding carboxylic acids is 1. The van der Waals surface area contributed by atoms with Crippen LogP contribution in [-0.4, -0.2) is 11.0 Å². The number of halogens is 1. The fourth-order valence-electron chi connectivity index (χ4n) is 2.62. The minimum absolute atomic E-state index is 0.115. The average molecular weight is 311 g/mol. The van der Waals surface area contributed by atoms with E-state index in [0.29, 0.717) is 12.0 Å². The minimum Gasteiger partial charge on any atom is -0.461 e. The van der Waals surface area contributed by atoms with Gasteiger partial charge in [0.1, 0.15) is 12.4 Å². The van der Waals surface area contributed by atoms with Crippen molar-refractivity contribution >= 4 is 16.9 Å². The number of esters is 1. The number of hydrogen-bond donors (Lipinski definition) is 1. The van der Waals surface area contributed by atoms with E-state index < -0.39 is 0 Å². The van der Waals surface area contributed by atoms with Crippen LogP contribution in [-0.2, 0) is 22.6 Å². The summed E-state index contributed by atoms with van der Waals surface area (Å²) in [5, 5.41) is 1.20. The zero-order valence-corrected chi connectivity index (χ0v) is 12.7. The highest BCUT2D eigenvalue weighted by atomic mass is 19.1. The highest BCUT2D eigenvalue weighted by Crippen LogP contribution is 2.19. The molecule has 0 aliphatic carbocycles. The van der Waals surface area contributed by atoms with E-state index in [-0.39, 0.29) is 18.4 Å². The normalized spacial score (nSPS) is 10.8. The molecule has 1 heterocycles. The second kappa shape index (κ2) is 7.09. The van der Waals surface area contributed by atoms with Gasteiger partial charge >= 0.3 is 5.97 Å². The monoisotopic (exact) mass is 311 g/mol. The summed E-state index contributed by atoms with van der Waals surface area (Å²) in [6.45, 7) is 0.115. The van der Waals surface area contributed by atoms with Crippen molar-refractivity contribution in [2.24, 2.45) is 0 Å². The quantitative estimate of drug-likeness (QED) is 0.687. The van der Waals surface area contributed by atoms with Crippen molar-refractivity contribution in [2.45, 2.75) is 25.9 Å². The molecule has 0 aliphatic heterocycles. The van der Waals surface area contributed by atoms with Crippen LogP contribution in [0.15, 0.2) is 54.7 Å². The number of aromatic nitrogens is 1. The largest absolute Gasteiger partial charge is 0.461 e. The molecule has 1 aromatic heterocycles. The Hall–Kier alpha value is -2.62. The lowest BCUT2D eigenvalue weighted by Gasteiger charge is -2.05. The number of benzene rings is 2. The van der Waals surface area contributed by atoms with Crippen LogP contribution >= 0.6 is 0 Å². The van der Waals surface area contributed by atoms with Gasteiger partial charge in [0.15, 0.2) is 0 Å². The van der Waals surface area contributed by atoms with Crippen LogP contribution in [0.4, 0.5) is 4.39 Å². The smallest absolute Gasteiger partial charge is 0.306 e. The van der Waals surface area contributed by atoms with Gasteiger partial charge in [-0.25, -0.2) is 4.39 Å². The molecule has 0 amide bonds. The first kappa shape index (κ1) is 15.3. The molecule has 3 rings (SSSR count). The molecule has 0 saturated carbocycles. The molecule has 2 aromatic carbocycles. The number of fused-ring (bicyclic) bond motifs is 1. The second-order valence-electron chi connectivity index (χ2n) is 5.50. The topological polar surface area (TPSA) is 42.1 Å². The predicted molar refractivity (Wildman–Crippen MR) is 87.4 cm³/mol. The number of nitrogens with one attached hydrogen (secondary N) is 1. The Kier molecular flexibility index (Phi) is 4.71. The molecule has 0 spiro atoms. The maximum atomic E-state index is 13.0. The SMILES string of the molecule is O=C(CCCc1c[nH]c2ccccc12)OCc1cccc(F)c1. The molecule has 0 radical (unpaired) electrons. The van der Waals surface area contributed by atoms with Crippen molar-refractivity contribution in [1.29, 1.82) is 0 Å². The summed E-state index contributed by atoms with van der Waals surface area (Å²) in [5.41, 5.74) is 2.98.